The van der Waals surface area contributed by atoms with Gasteiger partial charge in [-0.2, -0.15) is 0 Å². The highest BCUT2D eigenvalue weighted by Gasteiger charge is 2.57. The number of rotatable bonds is 0. The first-order valence-corrected chi connectivity index (χ1v) is 33.0. The monoisotopic (exact) mass is 1160 g/mol. The van der Waals surface area contributed by atoms with Gasteiger partial charge in [0.05, 0.1) is 0 Å². The molecule has 0 aromatic carbocycles. The van der Waals surface area contributed by atoms with E-state index in [2.05, 4.69) is 113 Å². The first kappa shape index (κ1) is 61.4. The van der Waals surface area contributed by atoms with Gasteiger partial charge >= 0.3 is 29.8 Å². The van der Waals surface area contributed by atoms with Crippen LogP contribution in [-0.2, 0) is 47.7 Å². The molecule has 5 aliphatic heterocycles. The predicted octanol–water partition coefficient (Wildman–Crippen LogP) is 16.2. The molecule has 0 amide bonds. The highest BCUT2D eigenvalue weighted by Crippen LogP contribution is 2.61. The summed E-state index contributed by atoms with van der Waals surface area (Å²) in [5, 5.41) is 0. The maximum atomic E-state index is 11.6. The Kier molecular flexibility index (Phi) is 16.4. The van der Waals surface area contributed by atoms with Gasteiger partial charge < -0.3 is 23.7 Å². The summed E-state index contributed by atoms with van der Waals surface area (Å²) in [6.07, 6.45) is 31.4. The molecule has 8 saturated carbocycles. The van der Waals surface area contributed by atoms with E-state index >= 15 is 0 Å². The van der Waals surface area contributed by atoms with E-state index in [0.29, 0.717) is 73.7 Å². The van der Waals surface area contributed by atoms with Crippen LogP contribution in [0.3, 0.4) is 0 Å². The van der Waals surface area contributed by atoms with E-state index in [0.717, 1.165) is 70.6 Å². The summed E-state index contributed by atoms with van der Waals surface area (Å²) in [6.45, 7) is 48.5. The van der Waals surface area contributed by atoms with Gasteiger partial charge in [0.2, 0.25) is 0 Å². The lowest BCUT2D eigenvalue weighted by Gasteiger charge is -2.49. The van der Waals surface area contributed by atoms with E-state index in [1.807, 2.05) is 0 Å². The molecule has 0 radical (unpaired) electrons. The van der Waals surface area contributed by atoms with Crippen LogP contribution in [0.15, 0.2) is 121 Å². The van der Waals surface area contributed by atoms with Crippen LogP contribution in [0.2, 0.25) is 0 Å². The molecule has 0 spiro atoms. The highest BCUT2D eigenvalue weighted by molar-refractivity contribution is 5.93. The highest BCUT2D eigenvalue weighted by atomic mass is 16.6. The molecule has 20 atom stereocenters. The van der Waals surface area contributed by atoms with Crippen LogP contribution >= 0.6 is 0 Å². The fraction of sp³-hybridized carbons (Fsp3) is 0.667. The van der Waals surface area contributed by atoms with Crippen molar-refractivity contribution >= 4 is 29.8 Å². The Morgan fingerprint density at radius 2 is 0.659 bits per heavy atom. The third kappa shape index (κ3) is 11.1. The second-order valence-electron chi connectivity index (χ2n) is 31.1. The quantitative estimate of drug-likeness (QED) is 0.0999. The Hall–Kier alpha value is -5.25. The van der Waals surface area contributed by atoms with Crippen LogP contribution < -0.4 is 0 Å². The van der Waals surface area contributed by atoms with Crippen molar-refractivity contribution < 1.29 is 47.7 Å². The summed E-state index contributed by atoms with van der Waals surface area (Å²) in [6, 6.07) is 0. The molecular weight excluding hydrogens is 1060 g/mol. The minimum absolute atomic E-state index is 0.0500. The lowest BCUT2D eigenvalue weighted by atomic mass is 9.56. The smallest absolute Gasteiger partial charge is 0.334 e. The van der Waals surface area contributed by atoms with Crippen LogP contribution in [0, 0.1) is 86.3 Å². The Labute approximate surface area is 508 Å². The lowest BCUT2D eigenvalue weighted by Crippen LogP contribution is -2.43. The summed E-state index contributed by atoms with van der Waals surface area (Å²) in [5.41, 5.74) is 12.0. The van der Waals surface area contributed by atoms with Gasteiger partial charge in [-0.15, -0.1) is 0 Å². The van der Waals surface area contributed by atoms with Crippen LogP contribution in [0.1, 0.15) is 196 Å². The Bertz CT molecular complexity index is 2720. The second-order valence-corrected chi connectivity index (χ2v) is 31.1. The average Bonchev–Trinajstić information content (AvgIpc) is 2.32. The van der Waals surface area contributed by atoms with Crippen molar-refractivity contribution in [2.24, 2.45) is 86.3 Å². The molecule has 10 heteroatoms. The molecule has 10 aliphatic carbocycles. The van der Waals surface area contributed by atoms with E-state index in [1.165, 1.54) is 93.8 Å². The van der Waals surface area contributed by atoms with E-state index < -0.39 is 0 Å². The zero-order chi connectivity index (χ0) is 61.0. The van der Waals surface area contributed by atoms with E-state index in [4.69, 9.17) is 23.7 Å². The zero-order valence-corrected chi connectivity index (χ0v) is 52.8. The van der Waals surface area contributed by atoms with Crippen molar-refractivity contribution in [2.75, 3.05) is 0 Å². The molecule has 460 valence electrons. The molecule has 0 aromatic heterocycles. The number of esters is 5. The topological polar surface area (TPSA) is 132 Å². The van der Waals surface area contributed by atoms with Crippen molar-refractivity contribution in [1.29, 1.82) is 0 Å². The molecule has 0 aromatic rings. The van der Waals surface area contributed by atoms with E-state index in [1.54, 1.807) is 11.1 Å². The average molecular weight is 1160 g/mol. The largest absolute Gasteiger partial charge is 0.458 e. The van der Waals surface area contributed by atoms with Crippen molar-refractivity contribution in [3.63, 3.8) is 0 Å². The molecule has 5 heterocycles. The van der Waals surface area contributed by atoms with Crippen LogP contribution in [0.5, 0.6) is 0 Å². The van der Waals surface area contributed by atoms with Gasteiger partial charge in [-0.25, -0.2) is 24.0 Å². The van der Waals surface area contributed by atoms with Crippen molar-refractivity contribution in [1.82, 2.24) is 0 Å². The summed E-state index contributed by atoms with van der Waals surface area (Å²) in [7, 11) is 0. The standard InChI is InChI=1S/5C15H20O2/c5*1-9-5-4-6-15(3)8-13-11(7-12(9)15)10(2)14(16)17-13/h2*7,9,11,13H,2,4-6,8H2,1,3H3;3*11-13H,1-2,4-8H2,3H3/t2*9-,11?,13?,15+;3*11?,12?,13?,15-/m00111/s1. The first-order chi connectivity index (χ1) is 40.1. The summed E-state index contributed by atoms with van der Waals surface area (Å²) in [4.78, 5) is 57.9. The van der Waals surface area contributed by atoms with Gasteiger partial charge in [0.25, 0.3) is 0 Å². The minimum Gasteiger partial charge on any atom is -0.458 e. The Balaban J connectivity index is 0.000000111. The number of carbonyl (C=O) groups is 5. The number of carbonyl (C=O) groups excluding carboxylic acids is 5. The number of fused-ring (bicyclic) bond motifs is 10. The third-order valence-corrected chi connectivity index (χ3v) is 25.3. The van der Waals surface area contributed by atoms with E-state index in [-0.39, 0.29) is 101 Å². The molecule has 15 aliphatic rings. The molecular formula is C75H100O10. The van der Waals surface area contributed by atoms with Crippen molar-refractivity contribution in [3.05, 3.63) is 121 Å². The minimum atomic E-state index is -0.188. The van der Waals surface area contributed by atoms with Crippen LogP contribution in [-0.4, -0.2) is 60.4 Å². The van der Waals surface area contributed by atoms with Gasteiger partial charge in [-0.05, 0) is 192 Å². The fourth-order valence-electron chi connectivity index (χ4n) is 20.2. The molecule has 0 bridgehead atoms. The molecule has 85 heavy (non-hydrogen) atoms. The molecule has 5 saturated heterocycles. The SMILES string of the molecule is C=C1C(=O)OC2C[C@@]3(C)CCCC(=C)C3CC12.C=C1C(=O)OC2C[C@@]3(C)CCCC(=C)C3CC12.C=C1C(=O)OC2C[C@@]3(C)CCCC(=C)C3CC12.C=C1C(=O)OC2C[C@@]3(C)CCC[C@H](C)C3=CC12.C=C1C(=O)OC2C[C@@]3(C)CCC[C@H](C)C3=CC12. The maximum absolute atomic E-state index is 11.6. The lowest BCUT2D eigenvalue weighted by molar-refractivity contribution is -0.143. The molecule has 10 nitrogen and oxygen atoms in total. The maximum Gasteiger partial charge on any atom is 0.334 e. The van der Waals surface area contributed by atoms with Gasteiger partial charge in [0.15, 0.2) is 0 Å². The van der Waals surface area contributed by atoms with E-state index in [9.17, 15) is 24.0 Å². The first-order valence-electron chi connectivity index (χ1n) is 33.0. The Morgan fingerprint density at radius 3 is 0.965 bits per heavy atom. The molecule has 15 rings (SSSR count). The van der Waals surface area contributed by atoms with Crippen LogP contribution in [0.25, 0.3) is 0 Å². The van der Waals surface area contributed by atoms with Gasteiger partial charge in [-0.3, -0.25) is 0 Å². The number of allylic oxidation sites excluding steroid dienone is 5. The predicted molar refractivity (Wildman–Crippen MR) is 332 cm³/mol. The molecule has 0 N–H and O–H groups in total. The normalized spacial score (nSPS) is 45.1. The van der Waals surface area contributed by atoms with Gasteiger partial charge in [0, 0.05) is 57.5 Å². The molecule has 13 fully saturated rings. The summed E-state index contributed by atoms with van der Waals surface area (Å²) >= 11 is 0. The Morgan fingerprint density at radius 1 is 0.376 bits per heavy atom. The summed E-state index contributed by atoms with van der Waals surface area (Å²) in [5.74, 6) is 3.11. The zero-order valence-electron chi connectivity index (χ0n) is 52.8. The number of hydrogen-bond donors (Lipinski definition) is 0. The molecule has 13 unspecified atom stereocenters. The summed E-state index contributed by atoms with van der Waals surface area (Å²) < 4.78 is 27.3. The number of hydrogen-bond acceptors (Lipinski definition) is 10. The van der Waals surface area contributed by atoms with Gasteiger partial charge in [0.1, 0.15) is 30.5 Å². The van der Waals surface area contributed by atoms with Crippen molar-refractivity contribution in [3.8, 4) is 0 Å². The van der Waals surface area contributed by atoms with Crippen molar-refractivity contribution in [2.45, 2.75) is 227 Å². The van der Waals surface area contributed by atoms with Crippen LogP contribution in [0.4, 0.5) is 0 Å². The fourth-order valence-corrected chi connectivity index (χ4v) is 20.2. The number of ether oxygens (including phenoxy) is 5. The van der Waals surface area contributed by atoms with Gasteiger partial charge in [-0.1, -0.05) is 154 Å². The third-order valence-electron chi connectivity index (χ3n) is 25.3. The second kappa shape index (κ2) is 22.7.